The summed E-state index contributed by atoms with van der Waals surface area (Å²) in [5, 5.41) is 6.98. The summed E-state index contributed by atoms with van der Waals surface area (Å²) in [6.45, 7) is 0. The smallest absolute Gasteiger partial charge is 0.235 e. The average Bonchev–Trinajstić information content (AvgIpc) is 3.85. The number of para-hydroxylation sites is 2. The molecule has 58 heavy (non-hydrogen) atoms. The standard InChI is InChI=1S/C54H33N3O/c1-3-11-34(12-4-1)36-21-25-38(26-22-36)46-33-47(39-27-23-37(24-28-39)35-13-5-2-6-14-35)56-54(55-46)57-48-19-9-15-40-29-30-41-31-42(32-49(57)52(41)51(40)48)43-17-10-18-45-44-16-7-8-20-50(44)58-53(43)45/h1-33H. The second kappa shape index (κ2) is 12.9. The van der Waals surface area contributed by atoms with Crippen molar-refractivity contribution in [1.29, 1.82) is 0 Å². The zero-order valence-corrected chi connectivity index (χ0v) is 31.3. The summed E-state index contributed by atoms with van der Waals surface area (Å²) < 4.78 is 8.82. The van der Waals surface area contributed by atoms with Crippen LogP contribution in [0.2, 0.25) is 0 Å². The van der Waals surface area contributed by atoms with Gasteiger partial charge in [0.15, 0.2) is 0 Å². The Bertz CT molecular complexity index is 3370. The largest absolute Gasteiger partial charge is 0.455 e. The normalized spacial score (nSPS) is 11.8. The highest BCUT2D eigenvalue weighted by atomic mass is 16.3. The van der Waals surface area contributed by atoms with Gasteiger partial charge in [-0.15, -0.1) is 0 Å². The number of nitrogens with zero attached hydrogens (tertiary/aromatic N) is 3. The summed E-state index contributed by atoms with van der Waals surface area (Å²) in [7, 11) is 0. The van der Waals surface area contributed by atoms with Crippen molar-refractivity contribution >= 4 is 54.5 Å². The second-order valence-electron chi connectivity index (χ2n) is 15.0. The van der Waals surface area contributed by atoms with Crippen LogP contribution in [-0.2, 0) is 0 Å². The van der Waals surface area contributed by atoms with Crippen molar-refractivity contribution in [3.05, 3.63) is 200 Å². The third kappa shape index (κ3) is 5.16. The maximum atomic E-state index is 6.56. The molecule has 0 unspecified atom stereocenters. The molecule has 3 aromatic heterocycles. The van der Waals surface area contributed by atoms with Gasteiger partial charge in [-0.3, -0.25) is 4.57 Å². The Hall–Kier alpha value is -7.82. The predicted molar refractivity (Wildman–Crippen MR) is 240 cm³/mol. The lowest BCUT2D eigenvalue weighted by Crippen LogP contribution is -2.04. The number of rotatable bonds is 6. The van der Waals surface area contributed by atoms with Crippen LogP contribution >= 0.6 is 0 Å². The van der Waals surface area contributed by atoms with Gasteiger partial charge < -0.3 is 4.42 Å². The molecule has 0 aliphatic carbocycles. The Labute approximate surface area is 334 Å². The van der Waals surface area contributed by atoms with Crippen molar-refractivity contribution < 1.29 is 4.42 Å². The quantitative estimate of drug-likeness (QED) is 0.160. The number of hydrogen-bond acceptors (Lipinski definition) is 3. The van der Waals surface area contributed by atoms with Gasteiger partial charge in [-0.05, 0) is 68.9 Å². The lowest BCUT2D eigenvalue weighted by molar-refractivity contribution is 0.670. The molecular formula is C54H33N3O. The summed E-state index contributed by atoms with van der Waals surface area (Å²) >= 11 is 0. The zero-order chi connectivity index (χ0) is 38.2. The van der Waals surface area contributed by atoms with E-state index in [0.29, 0.717) is 5.95 Å². The molecule has 0 spiro atoms. The maximum Gasteiger partial charge on any atom is 0.235 e. The van der Waals surface area contributed by atoms with Crippen molar-refractivity contribution in [2.45, 2.75) is 0 Å². The molecule has 270 valence electrons. The Balaban J connectivity index is 1.09. The van der Waals surface area contributed by atoms with Crippen LogP contribution in [0.15, 0.2) is 205 Å². The molecule has 3 heterocycles. The van der Waals surface area contributed by atoms with Gasteiger partial charge in [-0.2, -0.15) is 0 Å². The minimum atomic E-state index is 0.621. The molecule has 0 N–H and O–H groups in total. The molecule has 4 heteroatoms. The summed E-state index contributed by atoms with van der Waals surface area (Å²) in [6.07, 6.45) is 0. The third-order valence-electron chi connectivity index (χ3n) is 11.6. The van der Waals surface area contributed by atoms with Crippen LogP contribution in [0.3, 0.4) is 0 Å². The monoisotopic (exact) mass is 739 g/mol. The Kier molecular flexibility index (Phi) is 7.20. The van der Waals surface area contributed by atoms with Crippen molar-refractivity contribution in [3.63, 3.8) is 0 Å². The zero-order valence-electron chi connectivity index (χ0n) is 31.3. The van der Waals surface area contributed by atoms with Crippen LogP contribution in [0.4, 0.5) is 0 Å². The van der Waals surface area contributed by atoms with E-state index in [1.54, 1.807) is 0 Å². The summed E-state index contributed by atoms with van der Waals surface area (Å²) in [5.41, 5.74) is 14.5. The van der Waals surface area contributed by atoms with E-state index in [1.807, 2.05) is 24.3 Å². The van der Waals surface area contributed by atoms with E-state index >= 15 is 0 Å². The molecule has 12 aromatic rings. The molecule has 0 saturated carbocycles. The first kappa shape index (κ1) is 32.4. The molecule has 4 nitrogen and oxygen atoms in total. The second-order valence-corrected chi connectivity index (χ2v) is 15.0. The van der Waals surface area contributed by atoms with E-state index in [9.17, 15) is 0 Å². The lowest BCUT2D eigenvalue weighted by atomic mass is 9.96. The number of aromatic nitrogens is 3. The Morgan fingerprint density at radius 1 is 0.362 bits per heavy atom. The first-order valence-electron chi connectivity index (χ1n) is 19.6. The van der Waals surface area contributed by atoms with E-state index in [-0.39, 0.29) is 0 Å². The number of benzene rings is 9. The van der Waals surface area contributed by atoms with Gasteiger partial charge in [0.1, 0.15) is 11.2 Å². The maximum absolute atomic E-state index is 6.56. The molecular weight excluding hydrogens is 707 g/mol. The van der Waals surface area contributed by atoms with E-state index in [0.717, 1.165) is 83.1 Å². The van der Waals surface area contributed by atoms with Crippen LogP contribution in [0.1, 0.15) is 0 Å². The van der Waals surface area contributed by atoms with Crippen molar-refractivity contribution in [2.24, 2.45) is 0 Å². The SMILES string of the molecule is c1ccc(-c2ccc(-c3cc(-c4ccc(-c5ccccc5)cc4)nc(-n4c5cccc6ccc7cc(-c8cccc9c8oc8ccccc89)cc4c7c65)n3)cc2)cc1. The molecule has 0 amide bonds. The third-order valence-corrected chi connectivity index (χ3v) is 11.6. The highest BCUT2D eigenvalue weighted by Crippen LogP contribution is 2.43. The first-order valence-corrected chi connectivity index (χ1v) is 19.6. The van der Waals surface area contributed by atoms with E-state index in [4.69, 9.17) is 14.4 Å². The highest BCUT2D eigenvalue weighted by Gasteiger charge is 2.22. The lowest BCUT2D eigenvalue weighted by Gasteiger charge is -2.13. The summed E-state index contributed by atoms with van der Waals surface area (Å²) in [4.78, 5) is 10.8. The first-order chi connectivity index (χ1) is 28.7. The summed E-state index contributed by atoms with van der Waals surface area (Å²) in [6, 6.07) is 70.8. The molecule has 0 atom stereocenters. The number of fused-ring (bicyclic) bond motifs is 3. The van der Waals surface area contributed by atoms with Crippen LogP contribution < -0.4 is 0 Å². The van der Waals surface area contributed by atoms with Gasteiger partial charge in [0.2, 0.25) is 5.95 Å². The van der Waals surface area contributed by atoms with Gasteiger partial charge in [0.25, 0.3) is 0 Å². The van der Waals surface area contributed by atoms with E-state index < -0.39 is 0 Å². The van der Waals surface area contributed by atoms with Crippen molar-refractivity contribution in [3.8, 4) is 61.8 Å². The Morgan fingerprint density at radius 2 is 0.914 bits per heavy atom. The van der Waals surface area contributed by atoms with Crippen molar-refractivity contribution in [2.75, 3.05) is 0 Å². The van der Waals surface area contributed by atoms with Crippen LogP contribution in [0.5, 0.6) is 0 Å². The van der Waals surface area contributed by atoms with Crippen LogP contribution in [0, 0.1) is 0 Å². The Morgan fingerprint density at radius 3 is 1.60 bits per heavy atom. The average molecular weight is 740 g/mol. The van der Waals surface area contributed by atoms with E-state index in [2.05, 4.69) is 180 Å². The molecule has 9 aromatic carbocycles. The molecule has 0 bridgehead atoms. The molecule has 0 fully saturated rings. The van der Waals surface area contributed by atoms with Crippen LogP contribution in [-0.4, -0.2) is 14.5 Å². The topological polar surface area (TPSA) is 43.9 Å². The molecule has 0 aliphatic heterocycles. The van der Waals surface area contributed by atoms with Gasteiger partial charge in [-0.25, -0.2) is 9.97 Å². The molecule has 0 radical (unpaired) electrons. The predicted octanol–water partition coefficient (Wildman–Crippen LogP) is 14.4. The minimum absolute atomic E-state index is 0.621. The molecule has 0 aliphatic rings. The van der Waals surface area contributed by atoms with Gasteiger partial charge in [-0.1, -0.05) is 170 Å². The fourth-order valence-electron chi connectivity index (χ4n) is 8.80. The van der Waals surface area contributed by atoms with Gasteiger partial charge in [0.05, 0.1) is 22.4 Å². The van der Waals surface area contributed by atoms with Gasteiger partial charge in [0, 0.05) is 38.2 Å². The molecule has 0 saturated heterocycles. The summed E-state index contributed by atoms with van der Waals surface area (Å²) in [5.74, 6) is 0.621. The highest BCUT2D eigenvalue weighted by molar-refractivity contribution is 6.25. The van der Waals surface area contributed by atoms with Crippen molar-refractivity contribution in [1.82, 2.24) is 14.5 Å². The number of furan rings is 1. The molecule has 12 rings (SSSR count). The fourth-order valence-corrected chi connectivity index (χ4v) is 8.80. The van der Waals surface area contributed by atoms with Crippen LogP contribution in [0.25, 0.3) is 116 Å². The van der Waals surface area contributed by atoms with E-state index in [1.165, 1.54) is 27.3 Å². The van der Waals surface area contributed by atoms with Gasteiger partial charge >= 0.3 is 0 Å². The number of hydrogen-bond donors (Lipinski definition) is 0. The fraction of sp³-hybridized carbons (Fsp3) is 0. The minimum Gasteiger partial charge on any atom is -0.455 e.